The van der Waals surface area contributed by atoms with Crippen molar-refractivity contribution in [2.24, 2.45) is 20.5 Å². The highest BCUT2D eigenvalue weighted by Crippen LogP contribution is 2.38. The van der Waals surface area contributed by atoms with Crippen molar-refractivity contribution in [2.75, 3.05) is 13.1 Å². The highest BCUT2D eigenvalue weighted by atomic mass is 16.3. The van der Waals surface area contributed by atoms with Crippen LogP contribution in [0.2, 0.25) is 0 Å². The van der Waals surface area contributed by atoms with Gasteiger partial charge in [0, 0.05) is 12.1 Å². The van der Waals surface area contributed by atoms with Gasteiger partial charge in [-0.15, -0.1) is 0 Å². The molecule has 0 bridgehead atoms. The molecule has 0 radical (unpaired) electrons. The van der Waals surface area contributed by atoms with Crippen molar-refractivity contribution in [2.45, 2.75) is 52.4 Å². The van der Waals surface area contributed by atoms with E-state index in [-0.39, 0.29) is 11.5 Å². The Hall–Kier alpha value is -1.98. The molecular formula is C16H26N4O2. The first-order valence-electron chi connectivity index (χ1n) is 8.00. The molecule has 0 unspecified atom stereocenters. The molecule has 22 heavy (non-hydrogen) atoms. The van der Waals surface area contributed by atoms with Gasteiger partial charge < -0.3 is 10.2 Å². The molecule has 0 aliphatic carbocycles. The second kappa shape index (κ2) is 10.7. The standard InChI is InChI=1S/C16H26N4O2/c1-3-5-7-9-17-19-13-11-14(16(22)12-15(13)21)20-18-10-8-6-4-2/h11-12,21-22H,3-10H2,1-2H3/b19-17+,20-18+. The third-order valence-electron chi connectivity index (χ3n) is 3.15. The van der Waals surface area contributed by atoms with Crippen LogP contribution in [0.1, 0.15) is 52.4 Å². The van der Waals surface area contributed by atoms with Crippen LogP contribution >= 0.6 is 0 Å². The molecule has 122 valence electrons. The molecule has 0 atom stereocenters. The Labute approximate surface area is 132 Å². The zero-order chi connectivity index (χ0) is 16.2. The number of phenolic OH excluding ortho intramolecular Hbond substituents is 2. The van der Waals surface area contributed by atoms with Crippen molar-refractivity contribution in [1.82, 2.24) is 0 Å². The third-order valence-corrected chi connectivity index (χ3v) is 3.15. The Morgan fingerprint density at radius 1 is 0.727 bits per heavy atom. The summed E-state index contributed by atoms with van der Waals surface area (Å²) < 4.78 is 0. The Kier molecular flexibility index (Phi) is 8.79. The second-order valence-electron chi connectivity index (χ2n) is 5.17. The van der Waals surface area contributed by atoms with Gasteiger partial charge in [0.15, 0.2) is 0 Å². The predicted octanol–water partition coefficient (Wildman–Crippen LogP) is 5.65. The molecule has 0 aromatic heterocycles. The van der Waals surface area contributed by atoms with Crippen LogP contribution in [0, 0.1) is 0 Å². The average molecular weight is 306 g/mol. The van der Waals surface area contributed by atoms with Crippen molar-refractivity contribution in [3.63, 3.8) is 0 Å². The van der Waals surface area contributed by atoms with E-state index >= 15 is 0 Å². The first-order valence-corrected chi connectivity index (χ1v) is 8.00. The van der Waals surface area contributed by atoms with E-state index in [1.807, 2.05) is 0 Å². The monoisotopic (exact) mass is 306 g/mol. The highest BCUT2D eigenvalue weighted by molar-refractivity contribution is 5.65. The van der Waals surface area contributed by atoms with E-state index < -0.39 is 0 Å². The number of hydrogen-bond donors (Lipinski definition) is 2. The fourth-order valence-corrected chi connectivity index (χ4v) is 1.83. The minimum Gasteiger partial charge on any atom is -0.505 e. The van der Waals surface area contributed by atoms with Crippen LogP contribution < -0.4 is 0 Å². The molecule has 0 aliphatic rings. The number of rotatable bonds is 10. The predicted molar refractivity (Wildman–Crippen MR) is 87.6 cm³/mol. The molecule has 1 aromatic carbocycles. The largest absolute Gasteiger partial charge is 0.505 e. The molecule has 0 spiro atoms. The number of unbranched alkanes of at least 4 members (excludes halogenated alkanes) is 4. The van der Waals surface area contributed by atoms with Crippen molar-refractivity contribution < 1.29 is 10.2 Å². The van der Waals surface area contributed by atoms with Crippen molar-refractivity contribution >= 4 is 11.4 Å². The van der Waals surface area contributed by atoms with Crippen LogP contribution in [0.5, 0.6) is 11.5 Å². The minimum absolute atomic E-state index is 0.110. The van der Waals surface area contributed by atoms with Gasteiger partial charge >= 0.3 is 0 Å². The van der Waals surface area contributed by atoms with Crippen LogP contribution in [0.4, 0.5) is 11.4 Å². The maximum absolute atomic E-state index is 9.77. The molecule has 2 N–H and O–H groups in total. The Morgan fingerprint density at radius 3 is 1.59 bits per heavy atom. The maximum Gasteiger partial charge on any atom is 0.146 e. The normalized spacial score (nSPS) is 11.7. The van der Waals surface area contributed by atoms with E-state index in [9.17, 15) is 10.2 Å². The number of aromatic hydroxyl groups is 2. The van der Waals surface area contributed by atoms with Crippen LogP contribution in [-0.4, -0.2) is 23.3 Å². The van der Waals surface area contributed by atoms with Gasteiger partial charge in [-0.3, -0.25) is 0 Å². The van der Waals surface area contributed by atoms with E-state index in [2.05, 4.69) is 34.3 Å². The zero-order valence-corrected chi connectivity index (χ0v) is 13.5. The summed E-state index contributed by atoms with van der Waals surface area (Å²) in [5.41, 5.74) is 0.605. The van der Waals surface area contributed by atoms with E-state index in [4.69, 9.17) is 0 Å². The van der Waals surface area contributed by atoms with Gasteiger partial charge in [0.1, 0.15) is 22.9 Å². The van der Waals surface area contributed by atoms with Gasteiger partial charge in [-0.1, -0.05) is 39.5 Å². The molecule has 0 saturated heterocycles. The fourth-order valence-electron chi connectivity index (χ4n) is 1.83. The quantitative estimate of drug-likeness (QED) is 0.432. The van der Waals surface area contributed by atoms with Crippen molar-refractivity contribution in [3.8, 4) is 11.5 Å². The SMILES string of the molecule is CCCCC/N=N/c1cc(/N=N/CCCCC)c(O)cc1O. The van der Waals surface area contributed by atoms with Crippen LogP contribution in [0.25, 0.3) is 0 Å². The zero-order valence-electron chi connectivity index (χ0n) is 13.5. The van der Waals surface area contributed by atoms with Crippen LogP contribution in [0.15, 0.2) is 32.6 Å². The van der Waals surface area contributed by atoms with Gasteiger partial charge in [0.25, 0.3) is 0 Å². The summed E-state index contributed by atoms with van der Waals surface area (Å²) in [6.07, 6.45) is 6.42. The lowest BCUT2D eigenvalue weighted by molar-refractivity contribution is 0.451. The summed E-state index contributed by atoms with van der Waals surface area (Å²) in [7, 11) is 0. The summed E-state index contributed by atoms with van der Waals surface area (Å²) in [6.45, 7) is 5.51. The lowest BCUT2D eigenvalue weighted by Gasteiger charge is -2.02. The maximum atomic E-state index is 9.77. The van der Waals surface area contributed by atoms with Gasteiger partial charge in [-0.25, -0.2) is 0 Å². The molecule has 0 fully saturated rings. The second-order valence-corrected chi connectivity index (χ2v) is 5.17. The van der Waals surface area contributed by atoms with Crippen LogP contribution in [-0.2, 0) is 0 Å². The van der Waals surface area contributed by atoms with Gasteiger partial charge in [0.2, 0.25) is 0 Å². The molecular weight excluding hydrogens is 280 g/mol. The molecule has 0 saturated carbocycles. The van der Waals surface area contributed by atoms with E-state index in [0.29, 0.717) is 24.5 Å². The van der Waals surface area contributed by atoms with E-state index in [0.717, 1.165) is 38.5 Å². The molecule has 0 amide bonds. The molecule has 1 rings (SSSR count). The lowest BCUT2D eigenvalue weighted by atomic mass is 10.2. The first-order chi connectivity index (χ1) is 10.7. The fraction of sp³-hybridized carbons (Fsp3) is 0.625. The van der Waals surface area contributed by atoms with Crippen molar-refractivity contribution in [1.29, 1.82) is 0 Å². The summed E-state index contributed by atoms with van der Waals surface area (Å²) in [4.78, 5) is 0. The first kappa shape index (κ1) is 18.1. The number of phenols is 2. The Bertz CT molecular complexity index is 460. The van der Waals surface area contributed by atoms with E-state index in [1.54, 1.807) is 0 Å². The summed E-state index contributed by atoms with van der Waals surface area (Å²) >= 11 is 0. The summed E-state index contributed by atoms with van der Waals surface area (Å²) in [6, 6.07) is 2.72. The van der Waals surface area contributed by atoms with Gasteiger partial charge in [-0.2, -0.15) is 20.5 Å². The van der Waals surface area contributed by atoms with Crippen LogP contribution in [0.3, 0.4) is 0 Å². The molecule has 1 aromatic rings. The molecule has 0 aliphatic heterocycles. The summed E-state index contributed by atoms with van der Waals surface area (Å²) in [5.74, 6) is -0.219. The Balaban J connectivity index is 2.68. The highest BCUT2D eigenvalue weighted by Gasteiger charge is 2.08. The molecule has 6 nitrogen and oxygen atoms in total. The van der Waals surface area contributed by atoms with Crippen molar-refractivity contribution in [3.05, 3.63) is 12.1 Å². The van der Waals surface area contributed by atoms with Gasteiger partial charge in [-0.05, 0) is 12.8 Å². The number of benzene rings is 1. The van der Waals surface area contributed by atoms with Gasteiger partial charge in [0.05, 0.1) is 13.1 Å². The summed E-state index contributed by atoms with van der Waals surface area (Å²) in [5, 5.41) is 35.6. The topological polar surface area (TPSA) is 89.9 Å². The number of azo groups is 2. The number of nitrogens with zero attached hydrogens (tertiary/aromatic N) is 4. The number of hydrogen-bond acceptors (Lipinski definition) is 6. The average Bonchev–Trinajstić information content (AvgIpc) is 2.50. The minimum atomic E-state index is -0.110. The van der Waals surface area contributed by atoms with E-state index in [1.165, 1.54) is 12.1 Å². The molecule has 6 heteroatoms. The Morgan fingerprint density at radius 2 is 1.18 bits per heavy atom. The smallest absolute Gasteiger partial charge is 0.146 e. The third kappa shape index (κ3) is 6.65. The molecule has 0 heterocycles. The lowest BCUT2D eigenvalue weighted by Crippen LogP contribution is -1.80.